The zero-order valence-corrected chi connectivity index (χ0v) is 13.6. The second-order valence-electron chi connectivity index (χ2n) is 5.91. The number of carboxylic acids is 1. The van der Waals surface area contributed by atoms with E-state index in [-0.39, 0.29) is 5.92 Å². The highest BCUT2D eigenvalue weighted by molar-refractivity contribution is 5.69. The van der Waals surface area contributed by atoms with Gasteiger partial charge in [0.25, 0.3) is 0 Å². The molecular formula is C18H34O2. The van der Waals surface area contributed by atoms with E-state index in [9.17, 15) is 4.79 Å². The van der Waals surface area contributed by atoms with Crippen LogP contribution in [0.15, 0.2) is 12.2 Å². The highest BCUT2D eigenvalue weighted by Gasteiger charge is 2.09. The normalized spacial score (nSPS) is 12.9. The minimum atomic E-state index is -0.660. The Morgan fingerprint density at radius 2 is 1.40 bits per heavy atom. The average Bonchev–Trinajstić information content (AvgIpc) is 2.43. The second kappa shape index (κ2) is 14.6. The number of hydrogen-bond donors (Lipinski definition) is 1. The van der Waals surface area contributed by atoms with Gasteiger partial charge in [-0.05, 0) is 32.1 Å². The summed E-state index contributed by atoms with van der Waals surface area (Å²) < 4.78 is 0. The van der Waals surface area contributed by atoms with Crippen LogP contribution >= 0.6 is 0 Å². The lowest BCUT2D eigenvalue weighted by atomic mass is 10.0. The zero-order valence-electron chi connectivity index (χ0n) is 13.6. The summed E-state index contributed by atoms with van der Waals surface area (Å²) in [7, 11) is 0. The smallest absolute Gasteiger partial charge is 0.306 e. The Morgan fingerprint density at radius 1 is 0.900 bits per heavy atom. The maximum Gasteiger partial charge on any atom is 0.306 e. The third kappa shape index (κ3) is 13.6. The van der Waals surface area contributed by atoms with Crippen molar-refractivity contribution in [2.45, 2.75) is 90.9 Å². The van der Waals surface area contributed by atoms with Gasteiger partial charge in [-0.15, -0.1) is 0 Å². The third-order valence-electron chi connectivity index (χ3n) is 3.82. The van der Waals surface area contributed by atoms with E-state index in [0.29, 0.717) is 0 Å². The lowest BCUT2D eigenvalue weighted by molar-refractivity contribution is -0.141. The van der Waals surface area contributed by atoms with Crippen LogP contribution in [0.25, 0.3) is 0 Å². The van der Waals surface area contributed by atoms with Crippen molar-refractivity contribution in [2.75, 3.05) is 0 Å². The van der Waals surface area contributed by atoms with Crippen molar-refractivity contribution in [3.05, 3.63) is 12.2 Å². The van der Waals surface area contributed by atoms with Crippen LogP contribution in [0.5, 0.6) is 0 Å². The molecule has 0 aliphatic rings. The predicted molar refractivity (Wildman–Crippen MR) is 87.0 cm³/mol. The molecule has 118 valence electrons. The molecule has 2 heteroatoms. The van der Waals surface area contributed by atoms with Gasteiger partial charge in [0.2, 0.25) is 0 Å². The first kappa shape index (κ1) is 19.2. The Bertz CT molecular complexity index is 246. The number of hydrogen-bond acceptors (Lipinski definition) is 1. The van der Waals surface area contributed by atoms with Crippen molar-refractivity contribution in [1.29, 1.82) is 0 Å². The summed E-state index contributed by atoms with van der Waals surface area (Å²) in [5.74, 6) is -0.838. The molecule has 0 saturated heterocycles. The van der Waals surface area contributed by atoms with Gasteiger partial charge in [0.05, 0.1) is 5.92 Å². The Balaban J connectivity index is 3.17. The van der Waals surface area contributed by atoms with Crippen LogP contribution in [-0.2, 0) is 4.79 Å². The summed E-state index contributed by atoms with van der Waals surface area (Å²) in [6.45, 7) is 4.05. The predicted octanol–water partition coefficient (Wildman–Crippen LogP) is 5.96. The van der Waals surface area contributed by atoms with Crippen LogP contribution in [0.3, 0.4) is 0 Å². The van der Waals surface area contributed by atoms with Crippen molar-refractivity contribution < 1.29 is 9.90 Å². The minimum Gasteiger partial charge on any atom is -0.481 e. The van der Waals surface area contributed by atoms with E-state index in [1.165, 1.54) is 64.2 Å². The quantitative estimate of drug-likeness (QED) is 0.315. The minimum absolute atomic E-state index is 0.178. The fourth-order valence-electron chi connectivity index (χ4n) is 2.29. The van der Waals surface area contributed by atoms with Crippen molar-refractivity contribution >= 4 is 5.97 Å². The molecule has 1 unspecified atom stereocenters. The van der Waals surface area contributed by atoms with E-state index >= 15 is 0 Å². The molecule has 0 aliphatic carbocycles. The van der Waals surface area contributed by atoms with Crippen molar-refractivity contribution in [3.8, 4) is 0 Å². The van der Waals surface area contributed by atoms with E-state index < -0.39 is 5.97 Å². The van der Waals surface area contributed by atoms with E-state index in [1.54, 1.807) is 6.92 Å². The lowest BCUT2D eigenvalue weighted by Gasteiger charge is -2.04. The van der Waals surface area contributed by atoms with Gasteiger partial charge in [0.1, 0.15) is 0 Å². The molecule has 0 saturated carbocycles. The van der Waals surface area contributed by atoms with Gasteiger partial charge in [0.15, 0.2) is 0 Å². The van der Waals surface area contributed by atoms with Crippen molar-refractivity contribution in [3.63, 3.8) is 0 Å². The fraction of sp³-hybridized carbons (Fsp3) is 0.833. The number of carbonyl (C=O) groups is 1. The summed E-state index contributed by atoms with van der Waals surface area (Å²) in [4.78, 5) is 10.6. The lowest BCUT2D eigenvalue weighted by Crippen LogP contribution is -2.08. The molecule has 0 aromatic carbocycles. The Kier molecular flexibility index (Phi) is 14.0. The standard InChI is InChI=1S/C18H34O2/c1-3-4-5-6-7-8-9-10-11-12-13-14-15-16-17(2)18(19)20/h9-10,17H,3-8,11-16H2,1-2H3,(H,19,20). The molecule has 0 fully saturated rings. The molecule has 2 nitrogen and oxygen atoms in total. The fourth-order valence-corrected chi connectivity index (χ4v) is 2.29. The molecule has 0 radical (unpaired) electrons. The van der Waals surface area contributed by atoms with Gasteiger partial charge < -0.3 is 5.11 Å². The Morgan fingerprint density at radius 3 is 1.90 bits per heavy atom. The molecule has 0 aromatic heterocycles. The van der Waals surface area contributed by atoms with E-state index in [2.05, 4.69) is 19.1 Å². The summed E-state index contributed by atoms with van der Waals surface area (Å²) in [5, 5.41) is 8.76. The number of rotatable bonds is 14. The Hall–Kier alpha value is -0.790. The molecule has 1 N–H and O–H groups in total. The number of carboxylic acid groups (broad SMARTS) is 1. The molecule has 1 atom stereocenters. The molecule has 0 bridgehead atoms. The maximum absolute atomic E-state index is 10.6. The first-order valence-corrected chi connectivity index (χ1v) is 8.56. The molecule has 0 amide bonds. The number of unbranched alkanes of at least 4 members (excludes halogenated alkanes) is 9. The van der Waals surface area contributed by atoms with E-state index in [0.717, 1.165) is 12.8 Å². The molecule has 0 aromatic rings. The molecule has 20 heavy (non-hydrogen) atoms. The molecule has 0 heterocycles. The third-order valence-corrected chi connectivity index (χ3v) is 3.82. The van der Waals surface area contributed by atoms with Crippen LogP contribution in [0.1, 0.15) is 90.9 Å². The zero-order chi connectivity index (χ0) is 15.1. The highest BCUT2D eigenvalue weighted by atomic mass is 16.4. The summed E-state index contributed by atoms with van der Waals surface area (Å²) in [5.41, 5.74) is 0. The van der Waals surface area contributed by atoms with Crippen LogP contribution in [0, 0.1) is 5.92 Å². The van der Waals surface area contributed by atoms with Gasteiger partial charge >= 0.3 is 5.97 Å². The van der Waals surface area contributed by atoms with Crippen LogP contribution in [0.2, 0.25) is 0 Å². The summed E-state index contributed by atoms with van der Waals surface area (Å²) >= 11 is 0. The van der Waals surface area contributed by atoms with Crippen LogP contribution in [0.4, 0.5) is 0 Å². The first-order chi connectivity index (χ1) is 9.68. The van der Waals surface area contributed by atoms with Gasteiger partial charge in [0, 0.05) is 0 Å². The molecule has 0 aliphatic heterocycles. The maximum atomic E-state index is 10.6. The van der Waals surface area contributed by atoms with E-state index in [1.807, 2.05) is 0 Å². The van der Waals surface area contributed by atoms with Gasteiger partial charge in [-0.3, -0.25) is 4.79 Å². The molecule has 0 spiro atoms. The molecule has 0 rings (SSSR count). The monoisotopic (exact) mass is 282 g/mol. The largest absolute Gasteiger partial charge is 0.481 e. The number of aliphatic carboxylic acids is 1. The summed E-state index contributed by atoms with van der Waals surface area (Å²) in [6, 6.07) is 0. The molecular weight excluding hydrogens is 248 g/mol. The summed E-state index contributed by atoms with van der Waals surface area (Å²) in [6.07, 6.45) is 19.4. The van der Waals surface area contributed by atoms with Gasteiger partial charge in [-0.2, -0.15) is 0 Å². The van der Waals surface area contributed by atoms with E-state index in [4.69, 9.17) is 5.11 Å². The van der Waals surface area contributed by atoms with Gasteiger partial charge in [-0.1, -0.05) is 70.9 Å². The highest BCUT2D eigenvalue weighted by Crippen LogP contribution is 2.12. The van der Waals surface area contributed by atoms with Crippen LogP contribution < -0.4 is 0 Å². The van der Waals surface area contributed by atoms with Crippen molar-refractivity contribution in [1.82, 2.24) is 0 Å². The Labute approximate surface area is 125 Å². The van der Waals surface area contributed by atoms with Crippen molar-refractivity contribution in [2.24, 2.45) is 5.92 Å². The first-order valence-electron chi connectivity index (χ1n) is 8.56. The number of allylic oxidation sites excluding steroid dienone is 2. The SMILES string of the molecule is CCCCCCCC=CCCCCCCC(C)C(=O)O. The second-order valence-corrected chi connectivity index (χ2v) is 5.91. The average molecular weight is 282 g/mol. The van der Waals surface area contributed by atoms with Gasteiger partial charge in [-0.25, -0.2) is 0 Å². The topological polar surface area (TPSA) is 37.3 Å². The van der Waals surface area contributed by atoms with Crippen LogP contribution in [-0.4, -0.2) is 11.1 Å².